The number of carbonyl (C=O) groups excluding carboxylic acids is 1. The molecule has 0 fully saturated rings. The molecule has 1 aromatic carbocycles. The number of benzene rings is 1. The molecule has 0 radical (unpaired) electrons. The lowest BCUT2D eigenvalue weighted by Gasteiger charge is -2.08. The topological polar surface area (TPSA) is 69.0 Å². The number of nitrogens with one attached hydrogen (secondary N) is 1. The van der Waals surface area contributed by atoms with E-state index in [-0.39, 0.29) is 5.91 Å². The van der Waals surface area contributed by atoms with E-state index in [4.69, 9.17) is 16.3 Å². The summed E-state index contributed by atoms with van der Waals surface area (Å²) in [7, 11) is 1.70. The van der Waals surface area contributed by atoms with Gasteiger partial charge in [0.05, 0.1) is 17.0 Å². The molecule has 134 valence electrons. The summed E-state index contributed by atoms with van der Waals surface area (Å²) in [4.78, 5) is 16.5. The molecule has 3 aromatic rings. The number of carbonyl (C=O) groups is 1. The molecule has 0 saturated heterocycles. The van der Waals surface area contributed by atoms with Crippen molar-refractivity contribution in [3.8, 4) is 5.75 Å². The zero-order chi connectivity index (χ0) is 18.5. The van der Waals surface area contributed by atoms with Crippen molar-refractivity contribution < 1.29 is 9.53 Å². The van der Waals surface area contributed by atoms with Crippen LogP contribution >= 0.6 is 11.6 Å². The summed E-state index contributed by atoms with van der Waals surface area (Å²) in [5.41, 5.74) is 2.84. The van der Waals surface area contributed by atoms with Crippen molar-refractivity contribution in [2.45, 2.75) is 20.1 Å². The van der Waals surface area contributed by atoms with E-state index in [0.29, 0.717) is 29.6 Å². The molecule has 3 rings (SSSR count). The molecule has 1 N–H and O–H groups in total. The van der Waals surface area contributed by atoms with Gasteiger partial charge in [0.1, 0.15) is 17.5 Å². The monoisotopic (exact) mass is 370 g/mol. The quantitative estimate of drug-likeness (QED) is 0.723. The van der Waals surface area contributed by atoms with E-state index in [2.05, 4.69) is 15.4 Å². The van der Waals surface area contributed by atoms with Crippen LogP contribution in [0.3, 0.4) is 0 Å². The number of rotatable bonds is 6. The van der Waals surface area contributed by atoms with E-state index in [0.717, 1.165) is 17.0 Å². The smallest absolute Gasteiger partial charge is 0.256 e. The highest BCUT2D eigenvalue weighted by Crippen LogP contribution is 2.19. The first-order chi connectivity index (χ1) is 12.5. The molecular formula is C19H19ClN4O2. The predicted octanol–water partition coefficient (Wildman–Crippen LogP) is 3.29. The first-order valence-electron chi connectivity index (χ1n) is 8.13. The van der Waals surface area contributed by atoms with E-state index in [1.807, 2.05) is 42.5 Å². The highest BCUT2D eigenvalue weighted by molar-refractivity contribution is 6.33. The SMILES string of the molecule is Cc1nn(C)c(Cl)c1C(=O)NCc1ccc(OCc2ccccn2)cc1. The highest BCUT2D eigenvalue weighted by Gasteiger charge is 2.18. The zero-order valence-electron chi connectivity index (χ0n) is 14.6. The van der Waals surface area contributed by atoms with Crippen LogP contribution in [0.2, 0.25) is 5.15 Å². The van der Waals surface area contributed by atoms with Crippen LogP contribution in [0.25, 0.3) is 0 Å². The Hall–Kier alpha value is -2.86. The van der Waals surface area contributed by atoms with Crippen LogP contribution in [-0.2, 0) is 20.2 Å². The number of ether oxygens (including phenoxy) is 1. The average molecular weight is 371 g/mol. The van der Waals surface area contributed by atoms with Gasteiger partial charge in [0.25, 0.3) is 5.91 Å². The summed E-state index contributed by atoms with van der Waals surface area (Å²) in [6.07, 6.45) is 1.74. The van der Waals surface area contributed by atoms with Crippen LogP contribution in [0.5, 0.6) is 5.75 Å². The largest absolute Gasteiger partial charge is 0.487 e. The lowest BCUT2D eigenvalue weighted by Crippen LogP contribution is -2.23. The molecule has 0 aliphatic rings. The van der Waals surface area contributed by atoms with Gasteiger partial charge in [-0.2, -0.15) is 5.10 Å². The minimum absolute atomic E-state index is 0.240. The lowest BCUT2D eigenvalue weighted by atomic mass is 10.2. The summed E-state index contributed by atoms with van der Waals surface area (Å²) in [6, 6.07) is 13.3. The third-order valence-corrected chi connectivity index (χ3v) is 4.30. The van der Waals surface area contributed by atoms with Crippen molar-refractivity contribution in [2.75, 3.05) is 0 Å². The maximum absolute atomic E-state index is 12.3. The van der Waals surface area contributed by atoms with Gasteiger partial charge in [0.2, 0.25) is 0 Å². The van der Waals surface area contributed by atoms with Gasteiger partial charge in [0.15, 0.2) is 0 Å². The van der Waals surface area contributed by atoms with Crippen LogP contribution in [0.4, 0.5) is 0 Å². The molecule has 2 aromatic heterocycles. The van der Waals surface area contributed by atoms with Gasteiger partial charge in [-0.05, 0) is 36.8 Å². The number of nitrogens with zero attached hydrogens (tertiary/aromatic N) is 3. The highest BCUT2D eigenvalue weighted by atomic mass is 35.5. The Morgan fingerprint density at radius 2 is 2.00 bits per heavy atom. The Bertz CT molecular complexity index is 892. The van der Waals surface area contributed by atoms with E-state index >= 15 is 0 Å². The fraction of sp³-hybridized carbons (Fsp3) is 0.211. The molecule has 2 heterocycles. The van der Waals surface area contributed by atoms with E-state index in [1.54, 1.807) is 20.2 Å². The molecule has 0 aliphatic carbocycles. The Labute approximate surface area is 156 Å². The molecule has 0 aliphatic heterocycles. The van der Waals surface area contributed by atoms with Gasteiger partial charge >= 0.3 is 0 Å². The van der Waals surface area contributed by atoms with Gasteiger partial charge in [-0.1, -0.05) is 29.8 Å². The van der Waals surface area contributed by atoms with Crippen LogP contribution in [0, 0.1) is 6.92 Å². The summed E-state index contributed by atoms with van der Waals surface area (Å²) in [5, 5.41) is 7.34. The summed E-state index contributed by atoms with van der Waals surface area (Å²) in [6.45, 7) is 2.56. The number of aromatic nitrogens is 3. The van der Waals surface area contributed by atoms with Crippen LogP contribution in [0.1, 0.15) is 27.3 Å². The van der Waals surface area contributed by atoms with Crippen molar-refractivity contribution >= 4 is 17.5 Å². The number of pyridine rings is 1. The predicted molar refractivity (Wildman–Crippen MR) is 99.1 cm³/mol. The normalized spacial score (nSPS) is 10.6. The number of halogens is 1. The lowest BCUT2D eigenvalue weighted by molar-refractivity contribution is 0.0950. The minimum Gasteiger partial charge on any atom is -0.487 e. The van der Waals surface area contributed by atoms with E-state index in [1.165, 1.54) is 4.68 Å². The van der Waals surface area contributed by atoms with Gasteiger partial charge in [-0.15, -0.1) is 0 Å². The Balaban J connectivity index is 1.55. The van der Waals surface area contributed by atoms with Crippen LogP contribution in [0.15, 0.2) is 48.7 Å². The minimum atomic E-state index is -0.240. The van der Waals surface area contributed by atoms with Crippen molar-refractivity contribution in [1.29, 1.82) is 0 Å². The fourth-order valence-corrected chi connectivity index (χ4v) is 2.76. The number of hydrogen-bond acceptors (Lipinski definition) is 4. The Kier molecular flexibility index (Phi) is 5.53. The van der Waals surface area contributed by atoms with Crippen LogP contribution < -0.4 is 10.1 Å². The number of aryl methyl sites for hydroxylation is 2. The molecule has 1 amide bonds. The maximum Gasteiger partial charge on any atom is 0.256 e. The standard InChI is InChI=1S/C19H19ClN4O2/c1-13-17(18(20)24(2)23-13)19(25)22-11-14-6-8-16(9-7-14)26-12-15-5-3-4-10-21-15/h3-10H,11-12H2,1-2H3,(H,22,25). The van der Waals surface area contributed by atoms with Crippen molar-refractivity contribution in [3.63, 3.8) is 0 Å². The van der Waals surface area contributed by atoms with E-state index < -0.39 is 0 Å². The second-order valence-corrected chi connectivity index (χ2v) is 6.17. The molecule has 0 unspecified atom stereocenters. The third kappa shape index (κ3) is 4.21. The summed E-state index contributed by atoms with van der Waals surface area (Å²) in [5.74, 6) is 0.507. The molecule has 7 heteroatoms. The first-order valence-corrected chi connectivity index (χ1v) is 8.51. The second-order valence-electron chi connectivity index (χ2n) is 5.81. The Morgan fingerprint density at radius 1 is 1.23 bits per heavy atom. The zero-order valence-corrected chi connectivity index (χ0v) is 15.3. The second kappa shape index (κ2) is 8.01. The summed E-state index contributed by atoms with van der Waals surface area (Å²) >= 11 is 6.11. The molecule has 26 heavy (non-hydrogen) atoms. The third-order valence-electron chi connectivity index (χ3n) is 3.87. The first kappa shape index (κ1) is 17.9. The molecule has 0 spiro atoms. The Morgan fingerprint density at radius 3 is 2.62 bits per heavy atom. The molecular weight excluding hydrogens is 352 g/mol. The van der Waals surface area contributed by atoms with Gasteiger partial charge < -0.3 is 10.1 Å². The number of amides is 1. The molecule has 0 atom stereocenters. The molecule has 0 bridgehead atoms. The maximum atomic E-state index is 12.3. The summed E-state index contributed by atoms with van der Waals surface area (Å²) < 4.78 is 7.18. The van der Waals surface area contributed by atoms with E-state index in [9.17, 15) is 4.79 Å². The van der Waals surface area contributed by atoms with Crippen molar-refractivity contribution in [1.82, 2.24) is 20.1 Å². The van der Waals surface area contributed by atoms with Gasteiger partial charge in [0, 0.05) is 19.8 Å². The van der Waals surface area contributed by atoms with Gasteiger partial charge in [-0.3, -0.25) is 14.5 Å². The molecule has 0 saturated carbocycles. The average Bonchev–Trinajstić information content (AvgIpc) is 2.91. The van der Waals surface area contributed by atoms with Crippen LogP contribution in [-0.4, -0.2) is 20.7 Å². The fourth-order valence-electron chi connectivity index (χ4n) is 2.50. The van der Waals surface area contributed by atoms with Crippen molar-refractivity contribution in [3.05, 3.63) is 76.3 Å². The molecule has 6 nitrogen and oxygen atoms in total. The van der Waals surface area contributed by atoms with Crippen molar-refractivity contribution in [2.24, 2.45) is 7.05 Å². The van der Waals surface area contributed by atoms with Gasteiger partial charge in [-0.25, -0.2) is 0 Å². The number of hydrogen-bond donors (Lipinski definition) is 1.